The Kier molecular flexibility index (Phi) is 8.03. The highest BCUT2D eigenvalue weighted by atomic mass is 32.2. The van der Waals surface area contributed by atoms with Gasteiger partial charge in [-0.1, -0.05) is 25.1 Å². The third-order valence-electron chi connectivity index (χ3n) is 2.73. The maximum atomic E-state index is 10.9. The highest BCUT2D eigenvalue weighted by Gasteiger charge is 2.16. The molecular formula is C16H23N3O4S. The lowest BCUT2D eigenvalue weighted by Gasteiger charge is -2.07. The van der Waals surface area contributed by atoms with Crippen LogP contribution in [0.4, 0.5) is 11.4 Å². The number of ether oxygens (including phenoxy) is 1. The molecule has 0 saturated carbocycles. The Morgan fingerprint density at radius 2 is 1.79 bits per heavy atom. The third kappa shape index (κ3) is 6.86. The smallest absolute Gasteiger partial charge is 0.298 e. The number of hydrazine groups is 1. The van der Waals surface area contributed by atoms with Crippen molar-refractivity contribution in [1.82, 2.24) is 5.43 Å². The molecule has 0 saturated heterocycles. The Morgan fingerprint density at radius 3 is 2.33 bits per heavy atom. The number of benzene rings is 2. The maximum Gasteiger partial charge on any atom is 0.298 e. The largest absolute Gasteiger partial charge is 0.492 e. The van der Waals surface area contributed by atoms with E-state index in [2.05, 4.69) is 17.8 Å². The second-order valence-electron chi connectivity index (χ2n) is 4.64. The van der Waals surface area contributed by atoms with Crippen LogP contribution in [0, 0.1) is 0 Å². The number of anilines is 2. The molecule has 0 amide bonds. The standard InChI is InChI=1S/C8H12N2.C8H11NO4S/c1-2-9-10-8-6-4-3-5-7-8;1-2-13-7-4-3-6(9)5-8(7)14(10,11)12/h3-7,9-10H,2H2,1H3;3-5H,2,9H2,1H3,(H,10,11,12). The first-order valence-corrected chi connectivity index (χ1v) is 8.86. The van der Waals surface area contributed by atoms with Crippen LogP contribution in [-0.4, -0.2) is 26.1 Å². The minimum atomic E-state index is -4.28. The zero-order valence-electron chi connectivity index (χ0n) is 13.7. The molecule has 0 fully saturated rings. The average Bonchev–Trinajstić information content (AvgIpc) is 2.55. The van der Waals surface area contributed by atoms with Gasteiger partial charge in [0.05, 0.1) is 6.61 Å². The molecule has 2 rings (SSSR count). The van der Waals surface area contributed by atoms with E-state index < -0.39 is 10.1 Å². The Balaban J connectivity index is 0.000000254. The topological polar surface area (TPSA) is 114 Å². The van der Waals surface area contributed by atoms with Crippen molar-refractivity contribution in [3.8, 4) is 5.75 Å². The van der Waals surface area contributed by atoms with Crippen LogP contribution in [0.5, 0.6) is 5.75 Å². The van der Waals surface area contributed by atoms with Crippen LogP contribution in [0.3, 0.4) is 0 Å². The van der Waals surface area contributed by atoms with E-state index in [-0.39, 0.29) is 16.3 Å². The molecule has 0 aliphatic carbocycles. The van der Waals surface area contributed by atoms with Gasteiger partial charge in [-0.25, -0.2) is 5.43 Å². The summed E-state index contributed by atoms with van der Waals surface area (Å²) < 4.78 is 35.7. The Bertz CT molecular complexity index is 721. The Morgan fingerprint density at radius 1 is 1.12 bits per heavy atom. The molecule has 0 spiro atoms. The first kappa shape index (κ1) is 19.8. The molecule has 0 bridgehead atoms. The average molecular weight is 353 g/mol. The van der Waals surface area contributed by atoms with E-state index in [1.807, 2.05) is 30.3 Å². The second-order valence-corrected chi connectivity index (χ2v) is 6.03. The van der Waals surface area contributed by atoms with E-state index in [0.29, 0.717) is 6.61 Å². The number of para-hydroxylation sites is 1. The molecule has 0 aliphatic rings. The minimum Gasteiger partial charge on any atom is -0.492 e. The van der Waals surface area contributed by atoms with Crippen LogP contribution in [0.1, 0.15) is 13.8 Å². The molecule has 24 heavy (non-hydrogen) atoms. The number of nitrogens with one attached hydrogen (secondary N) is 2. The predicted molar refractivity (Wildman–Crippen MR) is 95.6 cm³/mol. The van der Waals surface area contributed by atoms with E-state index in [0.717, 1.165) is 18.3 Å². The fourth-order valence-electron chi connectivity index (χ4n) is 1.71. The van der Waals surface area contributed by atoms with Crippen molar-refractivity contribution < 1.29 is 17.7 Å². The number of hydrogen-bond acceptors (Lipinski definition) is 6. The van der Waals surface area contributed by atoms with E-state index in [4.69, 9.17) is 15.0 Å². The van der Waals surface area contributed by atoms with Gasteiger partial charge in [-0.2, -0.15) is 8.42 Å². The molecule has 0 atom stereocenters. The van der Waals surface area contributed by atoms with Gasteiger partial charge in [0.15, 0.2) is 0 Å². The molecule has 8 heteroatoms. The summed E-state index contributed by atoms with van der Waals surface area (Å²) in [5.74, 6) is 0.101. The first-order chi connectivity index (χ1) is 11.4. The number of hydrogen-bond donors (Lipinski definition) is 4. The molecule has 0 heterocycles. The van der Waals surface area contributed by atoms with Gasteiger partial charge in [-0.15, -0.1) is 0 Å². The molecule has 2 aromatic rings. The summed E-state index contributed by atoms with van der Waals surface area (Å²) in [7, 11) is -4.28. The number of nitrogen functional groups attached to an aromatic ring is 1. The minimum absolute atomic E-state index is 0.101. The van der Waals surface area contributed by atoms with E-state index >= 15 is 0 Å². The number of rotatable bonds is 6. The SMILES string of the molecule is CCNNc1ccccc1.CCOc1ccc(N)cc1S(=O)(=O)O. The summed E-state index contributed by atoms with van der Waals surface area (Å²) in [6, 6.07) is 14.1. The van der Waals surface area contributed by atoms with Gasteiger partial charge in [0.2, 0.25) is 0 Å². The third-order valence-corrected chi connectivity index (χ3v) is 3.60. The number of nitrogens with two attached hydrogens (primary N) is 1. The van der Waals surface area contributed by atoms with Gasteiger partial charge in [-0.05, 0) is 37.3 Å². The molecule has 0 aliphatic heterocycles. The molecule has 5 N–H and O–H groups in total. The molecule has 0 unspecified atom stereocenters. The summed E-state index contributed by atoms with van der Waals surface area (Å²) in [6.45, 7) is 5.00. The Labute approximate surface area is 142 Å². The van der Waals surface area contributed by atoms with Crippen LogP contribution in [0.2, 0.25) is 0 Å². The van der Waals surface area contributed by atoms with Crippen LogP contribution in [0.25, 0.3) is 0 Å². The highest BCUT2D eigenvalue weighted by molar-refractivity contribution is 7.86. The molecule has 7 nitrogen and oxygen atoms in total. The lowest BCUT2D eigenvalue weighted by Crippen LogP contribution is -2.20. The summed E-state index contributed by atoms with van der Waals surface area (Å²) in [6.07, 6.45) is 0. The van der Waals surface area contributed by atoms with Crippen LogP contribution >= 0.6 is 0 Å². The van der Waals surface area contributed by atoms with E-state index in [1.165, 1.54) is 12.1 Å². The van der Waals surface area contributed by atoms with Crippen molar-refractivity contribution in [3.05, 3.63) is 48.5 Å². The normalized spacial score (nSPS) is 10.5. The van der Waals surface area contributed by atoms with Gasteiger partial charge in [0.25, 0.3) is 10.1 Å². The van der Waals surface area contributed by atoms with E-state index in [1.54, 1.807) is 6.92 Å². The zero-order chi connectivity index (χ0) is 18.0. The molecule has 0 radical (unpaired) electrons. The van der Waals surface area contributed by atoms with Gasteiger partial charge in [0, 0.05) is 17.9 Å². The molecular weight excluding hydrogens is 330 g/mol. The lowest BCUT2D eigenvalue weighted by atomic mass is 10.3. The van der Waals surface area contributed by atoms with Gasteiger partial charge in [0.1, 0.15) is 10.6 Å². The molecule has 0 aromatic heterocycles. The summed E-state index contributed by atoms with van der Waals surface area (Å²) in [5.41, 5.74) is 12.8. The Hall–Kier alpha value is -2.29. The fraction of sp³-hybridized carbons (Fsp3) is 0.250. The fourth-order valence-corrected chi connectivity index (χ4v) is 2.38. The first-order valence-electron chi connectivity index (χ1n) is 7.42. The zero-order valence-corrected chi connectivity index (χ0v) is 14.5. The lowest BCUT2D eigenvalue weighted by molar-refractivity contribution is 0.329. The quantitative estimate of drug-likeness (QED) is 0.358. The van der Waals surface area contributed by atoms with E-state index in [9.17, 15) is 8.42 Å². The van der Waals surface area contributed by atoms with Crippen molar-refractivity contribution in [3.63, 3.8) is 0 Å². The molecule has 132 valence electrons. The van der Waals surface area contributed by atoms with Gasteiger partial charge < -0.3 is 15.9 Å². The van der Waals surface area contributed by atoms with Crippen LogP contribution in [0.15, 0.2) is 53.4 Å². The second kappa shape index (κ2) is 9.76. The van der Waals surface area contributed by atoms with Gasteiger partial charge in [-0.3, -0.25) is 4.55 Å². The van der Waals surface area contributed by atoms with Crippen molar-refractivity contribution >= 4 is 21.5 Å². The molecule has 2 aromatic carbocycles. The van der Waals surface area contributed by atoms with Crippen molar-refractivity contribution in [2.24, 2.45) is 0 Å². The van der Waals surface area contributed by atoms with Crippen molar-refractivity contribution in [2.45, 2.75) is 18.7 Å². The van der Waals surface area contributed by atoms with Crippen LogP contribution in [-0.2, 0) is 10.1 Å². The highest BCUT2D eigenvalue weighted by Crippen LogP contribution is 2.25. The summed E-state index contributed by atoms with van der Waals surface area (Å²) in [5, 5.41) is 0. The van der Waals surface area contributed by atoms with Gasteiger partial charge >= 0.3 is 0 Å². The monoisotopic (exact) mass is 353 g/mol. The maximum absolute atomic E-state index is 10.9. The predicted octanol–water partition coefficient (Wildman–Crippen LogP) is 2.54. The van der Waals surface area contributed by atoms with Crippen molar-refractivity contribution in [1.29, 1.82) is 0 Å². The van der Waals surface area contributed by atoms with Crippen LogP contribution < -0.4 is 21.3 Å². The summed E-state index contributed by atoms with van der Waals surface area (Å²) >= 11 is 0. The van der Waals surface area contributed by atoms with Crippen molar-refractivity contribution in [2.75, 3.05) is 24.3 Å². The summed E-state index contributed by atoms with van der Waals surface area (Å²) in [4.78, 5) is -0.306.